The Hall–Kier alpha value is -1.83. The molecule has 0 N–H and O–H groups in total. The van der Waals surface area contributed by atoms with Gasteiger partial charge in [0.25, 0.3) is 5.91 Å². The number of aryl methyl sites for hydroxylation is 1. The highest BCUT2D eigenvalue weighted by atomic mass is 16.2. The molecule has 0 unspecified atom stereocenters. The molecule has 0 radical (unpaired) electrons. The zero-order chi connectivity index (χ0) is 14.7. The molecule has 0 bridgehead atoms. The van der Waals surface area contributed by atoms with Gasteiger partial charge in [-0.25, -0.2) is 0 Å². The smallest absolute Gasteiger partial charge is 0.254 e. The number of fused-ring (bicyclic) bond motifs is 1. The Labute approximate surface area is 127 Å². The van der Waals surface area contributed by atoms with Crippen molar-refractivity contribution < 1.29 is 4.79 Å². The number of hydrogen-bond acceptors (Lipinski definition) is 1. The van der Waals surface area contributed by atoms with Crippen LogP contribution in [0, 0.1) is 6.92 Å². The summed E-state index contributed by atoms with van der Waals surface area (Å²) in [5.41, 5.74) is 3.17. The van der Waals surface area contributed by atoms with E-state index in [0.717, 1.165) is 23.2 Å². The molecule has 110 valence electrons. The van der Waals surface area contributed by atoms with Gasteiger partial charge in [0, 0.05) is 18.2 Å². The first kappa shape index (κ1) is 14.1. The van der Waals surface area contributed by atoms with Crippen LogP contribution in [-0.2, 0) is 6.54 Å². The summed E-state index contributed by atoms with van der Waals surface area (Å²) in [6.45, 7) is 2.83. The zero-order valence-corrected chi connectivity index (χ0v) is 12.7. The van der Waals surface area contributed by atoms with Crippen LogP contribution in [-0.4, -0.2) is 16.8 Å². The molecule has 1 heterocycles. The van der Waals surface area contributed by atoms with E-state index < -0.39 is 0 Å². The molecular weight excluding hydrogens is 258 g/mol. The van der Waals surface area contributed by atoms with Crippen LogP contribution in [0.3, 0.4) is 0 Å². The van der Waals surface area contributed by atoms with Crippen LogP contribution in [0.2, 0.25) is 0 Å². The minimum absolute atomic E-state index is 0.221. The van der Waals surface area contributed by atoms with E-state index in [-0.39, 0.29) is 5.91 Å². The summed E-state index contributed by atoms with van der Waals surface area (Å²) < 4.78 is 0. The lowest BCUT2D eigenvalue weighted by molar-refractivity contribution is 0.0660. The Bertz CT molecular complexity index is 586. The lowest BCUT2D eigenvalue weighted by Gasteiger charge is -2.30. The average molecular weight is 281 g/mol. The second-order valence-electron chi connectivity index (χ2n) is 6.16. The minimum Gasteiger partial charge on any atom is -0.331 e. The maximum absolute atomic E-state index is 12.8. The van der Waals surface area contributed by atoms with Gasteiger partial charge in [0.1, 0.15) is 0 Å². The highest BCUT2D eigenvalue weighted by Crippen LogP contribution is 2.30. The fourth-order valence-electron chi connectivity index (χ4n) is 3.40. The van der Waals surface area contributed by atoms with Crippen molar-refractivity contribution in [1.29, 1.82) is 0 Å². The van der Waals surface area contributed by atoms with Gasteiger partial charge in [-0.1, -0.05) is 61.2 Å². The van der Waals surface area contributed by atoms with Crippen molar-refractivity contribution in [1.82, 2.24) is 4.90 Å². The van der Waals surface area contributed by atoms with E-state index in [9.17, 15) is 4.79 Å². The molecular formula is C19H23NO. The van der Waals surface area contributed by atoms with Gasteiger partial charge in [-0.3, -0.25) is 4.79 Å². The molecule has 1 aliphatic heterocycles. The van der Waals surface area contributed by atoms with Crippen molar-refractivity contribution >= 4 is 5.91 Å². The lowest BCUT2D eigenvalue weighted by Crippen LogP contribution is -2.36. The number of carbonyl (C=O) groups excluding carboxylic acids is 1. The Balaban J connectivity index is 1.98. The number of nitrogens with zero attached hydrogens (tertiary/aromatic N) is 1. The van der Waals surface area contributed by atoms with Crippen LogP contribution in [0.5, 0.6) is 0 Å². The van der Waals surface area contributed by atoms with Crippen LogP contribution in [0.15, 0.2) is 42.5 Å². The molecule has 21 heavy (non-hydrogen) atoms. The second-order valence-corrected chi connectivity index (χ2v) is 6.16. The molecule has 0 aromatic heterocycles. The molecule has 1 aliphatic carbocycles. The average Bonchev–Trinajstić information content (AvgIpc) is 2.81. The first-order chi connectivity index (χ1) is 10.3. The highest BCUT2D eigenvalue weighted by molar-refractivity contribution is 5.98. The molecule has 1 saturated carbocycles. The largest absolute Gasteiger partial charge is 0.331 e. The highest BCUT2D eigenvalue weighted by Gasteiger charge is 2.32. The Morgan fingerprint density at radius 2 is 1.71 bits per heavy atom. The van der Waals surface area contributed by atoms with Crippen molar-refractivity contribution in [3.63, 3.8) is 0 Å². The fourth-order valence-corrected chi connectivity index (χ4v) is 3.40. The molecule has 1 aromatic rings. The fraction of sp³-hybridized carbons (Fsp3) is 0.421. The van der Waals surface area contributed by atoms with E-state index in [4.69, 9.17) is 0 Å². The van der Waals surface area contributed by atoms with Crippen molar-refractivity contribution in [3.05, 3.63) is 59.2 Å². The van der Waals surface area contributed by atoms with Gasteiger partial charge in [-0.2, -0.15) is 0 Å². The molecule has 1 aromatic carbocycles. The van der Waals surface area contributed by atoms with Gasteiger partial charge in [-0.15, -0.1) is 0 Å². The predicted octanol–water partition coefficient (Wildman–Crippen LogP) is 4.41. The maximum atomic E-state index is 12.8. The number of rotatable bonds is 1. The van der Waals surface area contributed by atoms with Crippen molar-refractivity contribution in [3.8, 4) is 0 Å². The Morgan fingerprint density at radius 3 is 2.48 bits per heavy atom. The van der Waals surface area contributed by atoms with E-state index >= 15 is 0 Å². The van der Waals surface area contributed by atoms with Crippen LogP contribution >= 0.6 is 0 Å². The molecule has 2 aliphatic rings. The van der Waals surface area contributed by atoms with Gasteiger partial charge >= 0.3 is 0 Å². The maximum Gasteiger partial charge on any atom is 0.254 e. The summed E-state index contributed by atoms with van der Waals surface area (Å²) in [4.78, 5) is 14.9. The zero-order valence-electron chi connectivity index (χ0n) is 12.7. The Kier molecular flexibility index (Phi) is 4.23. The summed E-state index contributed by atoms with van der Waals surface area (Å²) in [5, 5.41) is 0. The molecule has 2 heteroatoms. The Morgan fingerprint density at radius 1 is 1.00 bits per heavy atom. The van der Waals surface area contributed by atoms with Crippen molar-refractivity contribution in [2.75, 3.05) is 0 Å². The van der Waals surface area contributed by atoms with Gasteiger partial charge in [-0.05, 0) is 31.4 Å². The third kappa shape index (κ3) is 3.10. The topological polar surface area (TPSA) is 20.3 Å². The molecule has 2 nitrogen and oxygen atoms in total. The third-order valence-electron chi connectivity index (χ3n) is 4.56. The van der Waals surface area contributed by atoms with Gasteiger partial charge in [0.05, 0.1) is 0 Å². The molecule has 3 rings (SSSR count). The number of amides is 1. The van der Waals surface area contributed by atoms with Gasteiger partial charge < -0.3 is 4.90 Å². The number of hydrogen-bond donors (Lipinski definition) is 0. The van der Waals surface area contributed by atoms with Gasteiger partial charge in [0.15, 0.2) is 0 Å². The summed E-state index contributed by atoms with van der Waals surface area (Å²) in [7, 11) is 0. The van der Waals surface area contributed by atoms with Crippen LogP contribution in [0.4, 0.5) is 0 Å². The van der Waals surface area contributed by atoms with E-state index in [0.29, 0.717) is 6.04 Å². The van der Waals surface area contributed by atoms with E-state index in [1.165, 1.54) is 32.1 Å². The van der Waals surface area contributed by atoms with Crippen molar-refractivity contribution in [2.24, 2.45) is 0 Å². The number of carbonyl (C=O) groups is 1. The van der Waals surface area contributed by atoms with Crippen molar-refractivity contribution in [2.45, 2.75) is 51.6 Å². The van der Waals surface area contributed by atoms with Crippen LogP contribution < -0.4 is 0 Å². The molecule has 0 saturated heterocycles. The second kappa shape index (κ2) is 6.30. The summed E-state index contributed by atoms with van der Waals surface area (Å²) in [6.07, 6.45) is 6.17. The normalized spacial score (nSPS) is 18.3. The predicted molar refractivity (Wildman–Crippen MR) is 85.6 cm³/mol. The standard InChI is InChI=1S/C19H23NO/c1-15-9-5-2-3-6-10-16-14-20(19(21)18(16)13-15)17-11-7-4-8-12-17/h2-3,5-6,9-10,13,17H,4,7-8,11-12,14H2,1H3. The molecule has 1 fully saturated rings. The minimum atomic E-state index is 0.221. The third-order valence-corrected chi connectivity index (χ3v) is 4.56. The quantitative estimate of drug-likeness (QED) is 0.746. The first-order valence-corrected chi connectivity index (χ1v) is 7.99. The monoisotopic (exact) mass is 281 g/mol. The van der Waals surface area contributed by atoms with Gasteiger partial charge in [0.2, 0.25) is 0 Å². The SMILES string of the molecule is Cc1ccccccc2c(c1)C(=O)N(C1CCCCC1)C2. The molecule has 0 atom stereocenters. The van der Waals surface area contributed by atoms with E-state index in [2.05, 4.69) is 24.0 Å². The van der Waals surface area contributed by atoms with Crippen LogP contribution in [0.1, 0.15) is 53.6 Å². The molecule has 0 spiro atoms. The first-order valence-electron chi connectivity index (χ1n) is 7.99. The van der Waals surface area contributed by atoms with Crippen LogP contribution in [0.25, 0.3) is 0 Å². The van der Waals surface area contributed by atoms with E-state index in [1.54, 1.807) is 0 Å². The summed E-state index contributed by atoms with van der Waals surface area (Å²) >= 11 is 0. The lowest BCUT2D eigenvalue weighted by atomic mass is 9.94. The van der Waals surface area contributed by atoms with E-state index in [1.807, 2.05) is 30.3 Å². The molecule has 1 amide bonds. The summed E-state index contributed by atoms with van der Waals surface area (Å²) in [5.74, 6) is 0.221. The summed E-state index contributed by atoms with van der Waals surface area (Å²) in [6, 6.07) is 14.7.